The van der Waals surface area contributed by atoms with Crippen LogP contribution >= 0.6 is 0 Å². The highest BCUT2D eigenvalue weighted by Gasteiger charge is 2.35. The van der Waals surface area contributed by atoms with Crippen molar-refractivity contribution < 1.29 is 27.5 Å². The van der Waals surface area contributed by atoms with E-state index in [2.05, 4.69) is 10.6 Å². The summed E-state index contributed by atoms with van der Waals surface area (Å²) < 4.78 is 51.5. The van der Waals surface area contributed by atoms with Gasteiger partial charge >= 0.3 is 12.2 Å². The Kier molecular flexibility index (Phi) is 5.76. The Bertz CT molecular complexity index is 534. The van der Waals surface area contributed by atoms with Crippen LogP contribution in [0.1, 0.15) is 32.3 Å². The number of aliphatic hydroxyl groups excluding tert-OH is 1. The standard InChI is InChI=1S/C14H18F4N2O2/c1-3-13(2,6-7-21)20-12(22)19-11-5-4-9(15)8-10(11)14(16,17)18/h4-5,8,21H,3,6-7H2,1-2H3,(H2,19,20,22). The van der Waals surface area contributed by atoms with Crippen molar-refractivity contribution >= 4 is 11.7 Å². The molecule has 1 aromatic carbocycles. The number of hydrogen-bond acceptors (Lipinski definition) is 2. The molecule has 0 aliphatic heterocycles. The van der Waals surface area contributed by atoms with Gasteiger partial charge in [-0.2, -0.15) is 13.2 Å². The van der Waals surface area contributed by atoms with E-state index in [1.807, 2.05) is 0 Å². The topological polar surface area (TPSA) is 61.4 Å². The Morgan fingerprint density at radius 3 is 2.45 bits per heavy atom. The van der Waals surface area contributed by atoms with Crippen LogP contribution in [0.25, 0.3) is 0 Å². The fourth-order valence-electron chi connectivity index (χ4n) is 1.86. The van der Waals surface area contributed by atoms with Gasteiger partial charge in [-0.1, -0.05) is 6.92 Å². The molecule has 22 heavy (non-hydrogen) atoms. The van der Waals surface area contributed by atoms with Gasteiger partial charge in [-0.3, -0.25) is 0 Å². The molecule has 0 saturated heterocycles. The SMILES string of the molecule is CCC(C)(CCO)NC(=O)Nc1ccc(F)cc1C(F)(F)F. The van der Waals surface area contributed by atoms with Crippen molar-refractivity contribution in [2.75, 3.05) is 11.9 Å². The number of aliphatic hydroxyl groups is 1. The lowest BCUT2D eigenvalue weighted by molar-refractivity contribution is -0.137. The van der Waals surface area contributed by atoms with Crippen LogP contribution in [-0.4, -0.2) is 23.3 Å². The number of carbonyl (C=O) groups excluding carboxylic acids is 1. The van der Waals surface area contributed by atoms with E-state index in [1.165, 1.54) is 0 Å². The van der Waals surface area contributed by atoms with Crippen molar-refractivity contribution in [3.8, 4) is 0 Å². The minimum atomic E-state index is -4.79. The maximum atomic E-state index is 13.0. The van der Waals surface area contributed by atoms with E-state index in [-0.39, 0.29) is 13.0 Å². The average Bonchev–Trinajstić information content (AvgIpc) is 2.39. The molecule has 0 spiro atoms. The second-order valence-corrected chi connectivity index (χ2v) is 5.15. The minimum Gasteiger partial charge on any atom is -0.396 e. The molecule has 1 aromatic rings. The summed E-state index contributed by atoms with van der Waals surface area (Å²) in [5.41, 5.74) is -2.55. The predicted molar refractivity (Wildman–Crippen MR) is 74.0 cm³/mol. The summed E-state index contributed by atoms with van der Waals surface area (Å²) >= 11 is 0. The van der Waals surface area contributed by atoms with Crippen molar-refractivity contribution in [3.05, 3.63) is 29.6 Å². The van der Waals surface area contributed by atoms with E-state index < -0.39 is 34.8 Å². The first-order valence-corrected chi connectivity index (χ1v) is 6.68. The van der Waals surface area contributed by atoms with Gasteiger partial charge in [0.2, 0.25) is 0 Å². The van der Waals surface area contributed by atoms with Gasteiger partial charge in [0.1, 0.15) is 5.82 Å². The zero-order valence-electron chi connectivity index (χ0n) is 12.2. The summed E-state index contributed by atoms with van der Waals surface area (Å²) in [4.78, 5) is 11.9. The van der Waals surface area contributed by atoms with Crippen molar-refractivity contribution in [2.24, 2.45) is 0 Å². The zero-order valence-corrected chi connectivity index (χ0v) is 12.2. The molecular weight excluding hydrogens is 304 g/mol. The molecule has 0 aliphatic carbocycles. The Labute approximate surface area is 125 Å². The Morgan fingerprint density at radius 1 is 1.32 bits per heavy atom. The van der Waals surface area contributed by atoms with Gasteiger partial charge in [0.15, 0.2) is 0 Å². The van der Waals surface area contributed by atoms with Crippen LogP contribution in [0.4, 0.5) is 28.0 Å². The summed E-state index contributed by atoms with van der Waals surface area (Å²) in [5.74, 6) is -1.04. The van der Waals surface area contributed by atoms with Crippen molar-refractivity contribution in [1.29, 1.82) is 0 Å². The minimum absolute atomic E-state index is 0.172. The first kappa shape index (κ1) is 18.2. The van der Waals surface area contributed by atoms with E-state index in [0.717, 1.165) is 12.1 Å². The molecule has 124 valence electrons. The van der Waals surface area contributed by atoms with Crippen LogP contribution < -0.4 is 10.6 Å². The van der Waals surface area contributed by atoms with Gasteiger partial charge in [-0.15, -0.1) is 0 Å². The number of halogens is 4. The highest BCUT2D eigenvalue weighted by atomic mass is 19.4. The molecule has 8 heteroatoms. The summed E-state index contributed by atoms with van der Waals surface area (Å²) in [6.45, 7) is 3.27. The summed E-state index contributed by atoms with van der Waals surface area (Å²) in [7, 11) is 0. The molecule has 0 saturated carbocycles. The van der Waals surface area contributed by atoms with Gasteiger partial charge in [0.05, 0.1) is 11.3 Å². The molecule has 0 radical (unpaired) electrons. The lowest BCUT2D eigenvalue weighted by atomic mass is 9.95. The number of anilines is 1. The predicted octanol–water partition coefficient (Wildman–Crippen LogP) is 3.52. The first-order valence-electron chi connectivity index (χ1n) is 6.68. The van der Waals surface area contributed by atoms with Crippen LogP contribution in [0.2, 0.25) is 0 Å². The quantitative estimate of drug-likeness (QED) is 0.726. The van der Waals surface area contributed by atoms with Crippen LogP contribution in [-0.2, 0) is 6.18 Å². The summed E-state index contributed by atoms with van der Waals surface area (Å²) in [5, 5.41) is 13.5. The fourth-order valence-corrected chi connectivity index (χ4v) is 1.86. The Morgan fingerprint density at radius 2 is 1.95 bits per heavy atom. The molecule has 4 nitrogen and oxygen atoms in total. The summed E-state index contributed by atoms with van der Waals surface area (Å²) in [6, 6.07) is 1.16. The van der Waals surface area contributed by atoms with Crippen LogP contribution in [0.3, 0.4) is 0 Å². The molecule has 1 atom stereocenters. The van der Waals surface area contributed by atoms with Gasteiger partial charge < -0.3 is 15.7 Å². The van der Waals surface area contributed by atoms with Gasteiger partial charge in [-0.25, -0.2) is 9.18 Å². The third-order valence-corrected chi connectivity index (χ3v) is 3.39. The normalized spacial score (nSPS) is 14.3. The second-order valence-electron chi connectivity index (χ2n) is 5.15. The molecule has 0 aliphatic rings. The highest BCUT2D eigenvalue weighted by Crippen LogP contribution is 2.35. The van der Waals surface area contributed by atoms with Crippen molar-refractivity contribution in [1.82, 2.24) is 5.32 Å². The van der Waals surface area contributed by atoms with E-state index in [9.17, 15) is 22.4 Å². The van der Waals surface area contributed by atoms with Gasteiger partial charge in [-0.05, 0) is 38.0 Å². The Balaban J connectivity index is 2.93. The third kappa shape index (κ3) is 4.87. The van der Waals surface area contributed by atoms with Crippen LogP contribution in [0.15, 0.2) is 18.2 Å². The second kappa shape index (κ2) is 6.95. The van der Waals surface area contributed by atoms with E-state index in [1.54, 1.807) is 13.8 Å². The lowest BCUT2D eigenvalue weighted by Gasteiger charge is -2.29. The monoisotopic (exact) mass is 322 g/mol. The van der Waals surface area contributed by atoms with Crippen LogP contribution in [0.5, 0.6) is 0 Å². The number of rotatable bonds is 5. The molecule has 0 aromatic heterocycles. The Hall–Kier alpha value is -1.83. The molecular formula is C14H18F4N2O2. The third-order valence-electron chi connectivity index (χ3n) is 3.39. The number of urea groups is 1. The zero-order chi connectivity index (χ0) is 17.0. The molecule has 3 N–H and O–H groups in total. The molecule has 1 rings (SSSR count). The number of amides is 2. The van der Waals surface area contributed by atoms with E-state index in [0.29, 0.717) is 12.5 Å². The largest absolute Gasteiger partial charge is 0.418 e. The number of benzene rings is 1. The number of carbonyl (C=O) groups is 1. The molecule has 0 fully saturated rings. The van der Waals surface area contributed by atoms with Crippen molar-refractivity contribution in [2.45, 2.75) is 38.4 Å². The maximum absolute atomic E-state index is 13.0. The van der Waals surface area contributed by atoms with Gasteiger partial charge in [0.25, 0.3) is 0 Å². The summed E-state index contributed by atoms with van der Waals surface area (Å²) in [6.07, 6.45) is -4.05. The van der Waals surface area contributed by atoms with E-state index in [4.69, 9.17) is 5.11 Å². The molecule has 0 heterocycles. The van der Waals surface area contributed by atoms with Crippen LogP contribution in [0, 0.1) is 5.82 Å². The molecule has 0 bridgehead atoms. The highest BCUT2D eigenvalue weighted by molar-refractivity contribution is 5.90. The van der Waals surface area contributed by atoms with Crippen molar-refractivity contribution in [3.63, 3.8) is 0 Å². The number of hydrogen-bond donors (Lipinski definition) is 3. The molecule has 1 unspecified atom stereocenters. The average molecular weight is 322 g/mol. The van der Waals surface area contributed by atoms with Gasteiger partial charge in [0, 0.05) is 12.1 Å². The first-order chi connectivity index (χ1) is 10.1. The lowest BCUT2D eigenvalue weighted by Crippen LogP contribution is -2.48. The molecule has 2 amide bonds. The smallest absolute Gasteiger partial charge is 0.396 e. The maximum Gasteiger partial charge on any atom is 0.418 e. The van der Waals surface area contributed by atoms with E-state index >= 15 is 0 Å². The number of alkyl halides is 3. The fraction of sp³-hybridized carbons (Fsp3) is 0.500. The number of nitrogens with one attached hydrogen (secondary N) is 2.